The van der Waals surface area contributed by atoms with Crippen molar-refractivity contribution in [2.24, 2.45) is 0 Å². The normalized spacial score (nSPS) is 9.62. The van der Waals surface area contributed by atoms with Gasteiger partial charge in [-0.25, -0.2) is 0 Å². The fourth-order valence-corrected chi connectivity index (χ4v) is 0.510. The summed E-state index contributed by atoms with van der Waals surface area (Å²) in [5.41, 5.74) is 1.55. The molecule has 0 rings (SSSR count). The van der Waals surface area contributed by atoms with Crippen molar-refractivity contribution in [1.82, 2.24) is 5.32 Å². The van der Waals surface area contributed by atoms with Gasteiger partial charge in [0.2, 0.25) is 0 Å². The van der Waals surface area contributed by atoms with Crippen molar-refractivity contribution >= 4 is 17.7 Å². The maximum absolute atomic E-state index is 4.54. The van der Waals surface area contributed by atoms with E-state index in [0.29, 0.717) is 0 Å². The van der Waals surface area contributed by atoms with Crippen LogP contribution in [-0.2, 0) is 0 Å². The van der Waals surface area contributed by atoms with Gasteiger partial charge in [-0.05, 0) is 13.3 Å². The second kappa shape index (κ2) is 6.63. The van der Waals surface area contributed by atoms with Crippen molar-refractivity contribution in [3.8, 4) is 0 Å². The van der Waals surface area contributed by atoms with Crippen LogP contribution in [0, 0.1) is 0 Å². The Labute approximate surface area is 55.8 Å². The largest absolute Gasteiger partial charge is 0.382 e. The van der Waals surface area contributed by atoms with Gasteiger partial charge in [-0.3, -0.25) is 0 Å². The van der Waals surface area contributed by atoms with Gasteiger partial charge in [-0.2, -0.15) is 0 Å². The van der Waals surface area contributed by atoms with Crippen LogP contribution in [0.3, 0.4) is 0 Å². The van der Waals surface area contributed by atoms with Crippen LogP contribution in [-0.4, -0.2) is 12.0 Å². The summed E-state index contributed by atoms with van der Waals surface area (Å²) < 4.78 is 0. The smallest absolute Gasteiger partial charge is 0.0614 e. The molecular weight excluding hydrogens is 118 g/mol. The van der Waals surface area contributed by atoms with Gasteiger partial charge in [0.25, 0.3) is 0 Å². The first-order valence-corrected chi connectivity index (χ1v) is 3.17. The number of hydrogen-bond donors (Lipinski definition) is 1. The zero-order valence-electron chi connectivity index (χ0n) is 5.05. The van der Waals surface area contributed by atoms with E-state index in [0.717, 1.165) is 13.0 Å². The lowest BCUT2D eigenvalue weighted by molar-refractivity contribution is 0.911. The standard InChI is InChI=1S/C6H11NS/c1-2-3-4-5-7-6-8/h2-3,6H,4-5H2,1H3,(H,7,8)/b3-2+. The van der Waals surface area contributed by atoms with Crippen molar-refractivity contribution in [3.05, 3.63) is 12.2 Å². The molecule has 0 fully saturated rings. The molecule has 0 radical (unpaired) electrons. The minimum Gasteiger partial charge on any atom is -0.382 e. The summed E-state index contributed by atoms with van der Waals surface area (Å²) in [5, 5.41) is 2.92. The van der Waals surface area contributed by atoms with E-state index in [9.17, 15) is 0 Å². The minimum absolute atomic E-state index is 0.952. The zero-order valence-corrected chi connectivity index (χ0v) is 5.87. The molecule has 0 heterocycles. The molecule has 0 aromatic rings. The Morgan fingerprint density at radius 2 is 2.38 bits per heavy atom. The molecule has 2 heteroatoms. The topological polar surface area (TPSA) is 12.0 Å². The van der Waals surface area contributed by atoms with E-state index < -0.39 is 0 Å². The van der Waals surface area contributed by atoms with E-state index in [-0.39, 0.29) is 0 Å². The Morgan fingerprint density at radius 3 is 2.88 bits per heavy atom. The summed E-state index contributed by atoms with van der Waals surface area (Å²) in [4.78, 5) is 0. The summed E-state index contributed by atoms with van der Waals surface area (Å²) in [6.45, 7) is 2.96. The molecule has 0 aromatic heterocycles. The molecule has 0 atom stereocenters. The highest BCUT2D eigenvalue weighted by molar-refractivity contribution is 7.78. The van der Waals surface area contributed by atoms with Crippen LogP contribution in [0.1, 0.15) is 13.3 Å². The van der Waals surface area contributed by atoms with E-state index in [2.05, 4.69) is 23.6 Å². The van der Waals surface area contributed by atoms with E-state index in [1.54, 1.807) is 5.49 Å². The van der Waals surface area contributed by atoms with Crippen LogP contribution >= 0.6 is 12.2 Å². The van der Waals surface area contributed by atoms with E-state index in [4.69, 9.17) is 0 Å². The lowest BCUT2D eigenvalue weighted by Gasteiger charge is -1.90. The van der Waals surface area contributed by atoms with E-state index in [1.165, 1.54) is 0 Å². The lowest BCUT2D eigenvalue weighted by atomic mass is 10.4. The first kappa shape index (κ1) is 7.63. The van der Waals surface area contributed by atoms with Gasteiger partial charge < -0.3 is 5.32 Å². The van der Waals surface area contributed by atoms with Crippen molar-refractivity contribution in [1.29, 1.82) is 0 Å². The molecule has 1 N–H and O–H groups in total. The molecule has 0 bridgehead atoms. The summed E-state index contributed by atoms with van der Waals surface area (Å²) in [7, 11) is 0. The van der Waals surface area contributed by atoms with Crippen LogP contribution in [0.15, 0.2) is 12.2 Å². The SMILES string of the molecule is C/C=C/CCNC=S. The number of allylic oxidation sites excluding steroid dienone is 1. The highest BCUT2D eigenvalue weighted by Crippen LogP contribution is 1.76. The third-order valence-electron chi connectivity index (χ3n) is 0.774. The minimum atomic E-state index is 0.952. The molecule has 0 unspecified atom stereocenters. The number of nitrogens with one attached hydrogen (secondary N) is 1. The quantitative estimate of drug-likeness (QED) is 0.351. The van der Waals surface area contributed by atoms with Gasteiger partial charge in [0.1, 0.15) is 0 Å². The van der Waals surface area contributed by atoms with Crippen LogP contribution < -0.4 is 5.32 Å². The predicted octanol–water partition coefficient (Wildman–Crippen LogP) is 1.50. The van der Waals surface area contributed by atoms with Gasteiger partial charge in [-0.15, -0.1) is 0 Å². The van der Waals surface area contributed by atoms with Crippen molar-refractivity contribution in [3.63, 3.8) is 0 Å². The van der Waals surface area contributed by atoms with Crippen LogP contribution in [0.2, 0.25) is 0 Å². The van der Waals surface area contributed by atoms with Crippen LogP contribution in [0.25, 0.3) is 0 Å². The molecule has 0 aromatic carbocycles. The van der Waals surface area contributed by atoms with Gasteiger partial charge in [-0.1, -0.05) is 24.4 Å². The Morgan fingerprint density at radius 1 is 1.62 bits per heavy atom. The number of rotatable bonds is 4. The molecule has 0 saturated carbocycles. The fourth-order valence-electron chi connectivity index (χ4n) is 0.392. The van der Waals surface area contributed by atoms with E-state index >= 15 is 0 Å². The second-order valence-corrected chi connectivity index (χ2v) is 1.67. The maximum Gasteiger partial charge on any atom is 0.0614 e. The van der Waals surface area contributed by atoms with Crippen LogP contribution in [0.4, 0.5) is 0 Å². The summed E-state index contributed by atoms with van der Waals surface area (Å²) in [6, 6.07) is 0. The van der Waals surface area contributed by atoms with E-state index in [1.807, 2.05) is 13.0 Å². The molecule has 8 heavy (non-hydrogen) atoms. The van der Waals surface area contributed by atoms with Crippen LogP contribution in [0.5, 0.6) is 0 Å². The molecule has 0 aliphatic carbocycles. The summed E-state index contributed by atoms with van der Waals surface area (Å²) in [6.07, 6.45) is 5.19. The Balaban J connectivity index is 2.82. The molecule has 0 spiro atoms. The monoisotopic (exact) mass is 129 g/mol. The first-order chi connectivity index (χ1) is 3.91. The van der Waals surface area contributed by atoms with Crippen molar-refractivity contribution in [2.45, 2.75) is 13.3 Å². The van der Waals surface area contributed by atoms with Gasteiger partial charge >= 0.3 is 0 Å². The Bertz CT molecular complexity index is 78.6. The molecular formula is C6H11NS. The Kier molecular flexibility index (Phi) is 6.32. The average Bonchev–Trinajstić information content (AvgIpc) is 1.81. The molecule has 0 saturated heterocycles. The first-order valence-electron chi connectivity index (χ1n) is 2.70. The zero-order chi connectivity index (χ0) is 6.24. The average molecular weight is 129 g/mol. The summed E-state index contributed by atoms with van der Waals surface area (Å²) >= 11 is 4.54. The maximum atomic E-state index is 4.54. The summed E-state index contributed by atoms with van der Waals surface area (Å²) in [5.74, 6) is 0. The van der Waals surface area contributed by atoms with Gasteiger partial charge in [0.05, 0.1) is 5.49 Å². The third kappa shape index (κ3) is 5.63. The second-order valence-electron chi connectivity index (χ2n) is 1.43. The van der Waals surface area contributed by atoms with Gasteiger partial charge in [0.15, 0.2) is 0 Å². The molecule has 46 valence electrons. The number of thiocarbonyl (C=S) groups is 1. The number of hydrogen-bond acceptors (Lipinski definition) is 1. The molecule has 1 nitrogen and oxygen atoms in total. The highest BCUT2D eigenvalue weighted by Gasteiger charge is 1.72. The predicted molar refractivity (Wildman–Crippen MR) is 41.1 cm³/mol. The van der Waals surface area contributed by atoms with Crippen molar-refractivity contribution in [2.75, 3.05) is 6.54 Å². The highest BCUT2D eigenvalue weighted by atomic mass is 32.1. The fraction of sp³-hybridized carbons (Fsp3) is 0.500. The molecule has 0 aliphatic rings. The van der Waals surface area contributed by atoms with Crippen molar-refractivity contribution < 1.29 is 0 Å². The Hall–Kier alpha value is -0.370. The lowest BCUT2D eigenvalue weighted by Crippen LogP contribution is -2.09. The third-order valence-corrected chi connectivity index (χ3v) is 0.941. The van der Waals surface area contributed by atoms with Gasteiger partial charge in [0, 0.05) is 6.54 Å². The molecule has 0 aliphatic heterocycles. The molecule has 0 amide bonds.